The molecular formula is C16H20N4O2. The van der Waals surface area contributed by atoms with Crippen molar-refractivity contribution in [3.63, 3.8) is 0 Å². The summed E-state index contributed by atoms with van der Waals surface area (Å²) < 4.78 is 5.13. The lowest BCUT2D eigenvalue weighted by Gasteiger charge is -2.10. The van der Waals surface area contributed by atoms with Crippen LogP contribution in [0.3, 0.4) is 0 Å². The van der Waals surface area contributed by atoms with Crippen LogP contribution in [-0.4, -0.2) is 23.3 Å². The van der Waals surface area contributed by atoms with Gasteiger partial charge in [-0.15, -0.1) is 0 Å². The Balaban J connectivity index is 1.61. The highest BCUT2D eigenvalue weighted by atomic mass is 16.5. The SMILES string of the molecule is COCc1ccccc1NC(=O)Nc1cc(C2CC2C)[nH]n1. The van der Waals surface area contributed by atoms with Crippen molar-refractivity contribution in [3.05, 3.63) is 41.6 Å². The maximum Gasteiger partial charge on any atom is 0.324 e. The van der Waals surface area contributed by atoms with Crippen LogP contribution in [0.25, 0.3) is 0 Å². The quantitative estimate of drug-likeness (QED) is 0.792. The van der Waals surface area contributed by atoms with Crippen LogP contribution < -0.4 is 10.6 Å². The van der Waals surface area contributed by atoms with Gasteiger partial charge in [0.25, 0.3) is 0 Å². The fourth-order valence-corrected chi connectivity index (χ4v) is 2.54. The maximum atomic E-state index is 12.1. The van der Waals surface area contributed by atoms with E-state index < -0.39 is 0 Å². The van der Waals surface area contributed by atoms with Crippen molar-refractivity contribution in [2.24, 2.45) is 5.92 Å². The summed E-state index contributed by atoms with van der Waals surface area (Å²) in [5.41, 5.74) is 2.74. The van der Waals surface area contributed by atoms with Gasteiger partial charge in [0, 0.05) is 36.0 Å². The summed E-state index contributed by atoms with van der Waals surface area (Å²) in [6, 6.07) is 9.13. The van der Waals surface area contributed by atoms with Crippen LogP contribution >= 0.6 is 0 Å². The molecule has 2 aromatic rings. The zero-order valence-electron chi connectivity index (χ0n) is 12.7. The lowest BCUT2D eigenvalue weighted by molar-refractivity contribution is 0.185. The molecule has 6 nitrogen and oxygen atoms in total. The molecule has 0 radical (unpaired) electrons. The summed E-state index contributed by atoms with van der Waals surface area (Å²) in [4.78, 5) is 12.1. The van der Waals surface area contributed by atoms with E-state index in [4.69, 9.17) is 4.74 Å². The van der Waals surface area contributed by atoms with Crippen molar-refractivity contribution in [3.8, 4) is 0 Å². The first kappa shape index (κ1) is 14.6. The molecule has 0 bridgehead atoms. The Labute approximate surface area is 129 Å². The van der Waals surface area contributed by atoms with Crippen molar-refractivity contribution >= 4 is 17.5 Å². The molecule has 1 fully saturated rings. The first-order valence-corrected chi connectivity index (χ1v) is 7.37. The van der Waals surface area contributed by atoms with E-state index in [9.17, 15) is 4.79 Å². The number of benzene rings is 1. The molecule has 22 heavy (non-hydrogen) atoms. The largest absolute Gasteiger partial charge is 0.380 e. The van der Waals surface area contributed by atoms with Gasteiger partial charge in [0.15, 0.2) is 5.82 Å². The summed E-state index contributed by atoms with van der Waals surface area (Å²) in [6.45, 7) is 2.65. The number of amides is 2. The number of aromatic nitrogens is 2. The number of rotatable bonds is 5. The van der Waals surface area contributed by atoms with Gasteiger partial charge < -0.3 is 10.1 Å². The number of nitrogens with zero attached hydrogens (tertiary/aromatic N) is 1. The molecule has 2 amide bonds. The molecule has 1 aromatic carbocycles. The first-order chi connectivity index (χ1) is 10.7. The number of aromatic amines is 1. The smallest absolute Gasteiger partial charge is 0.324 e. The third kappa shape index (κ3) is 3.28. The highest BCUT2D eigenvalue weighted by Crippen LogP contribution is 2.46. The molecule has 1 aliphatic carbocycles. The van der Waals surface area contributed by atoms with Crippen LogP contribution in [0.4, 0.5) is 16.3 Å². The minimum absolute atomic E-state index is 0.314. The number of carbonyl (C=O) groups is 1. The van der Waals surface area contributed by atoms with Crippen molar-refractivity contribution in [2.45, 2.75) is 25.9 Å². The highest BCUT2D eigenvalue weighted by Gasteiger charge is 2.35. The number of hydrogen-bond donors (Lipinski definition) is 3. The van der Waals surface area contributed by atoms with Crippen LogP contribution in [-0.2, 0) is 11.3 Å². The van der Waals surface area contributed by atoms with Crippen LogP contribution in [0, 0.1) is 5.92 Å². The second kappa shape index (κ2) is 6.19. The number of urea groups is 1. The Kier molecular flexibility index (Phi) is 4.11. The molecule has 3 N–H and O–H groups in total. The van der Waals surface area contributed by atoms with E-state index in [1.807, 2.05) is 30.3 Å². The first-order valence-electron chi connectivity index (χ1n) is 7.37. The van der Waals surface area contributed by atoms with Gasteiger partial charge in [-0.05, 0) is 18.4 Å². The fourth-order valence-electron chi connectivity index (χ4n) is 2.54. The molecule has 0 spiro atoms. The monoisotopic (exact) mass is 300 g/mol. The number of para-hydroxylation sites is 1. The van der Waals surface area contributed by atoms with E-state index >= 15 is 0 Å². The summed E-state index contributed by atoms with van der Waals surface area (Å²) in [5.74, 6) is 1.78. The zero-order chi connectivity index (χ0) is 15.5. The Morgan fingerprint density at radius 3 is 2.91 bits per heavy atom. The molecule has 2 atom stereocenters. The molecule has 3 rings (SSSR count). The van der Waals surface area contributed by atoms with Crippen molar-refractivity contribution in [1.29, 1.82) is 0 Å². The van der Waals surface area contributed by atoms with Gasteiger partial charge >= 0.3 is 6.03 Å². The molecule has 6 heteroatoms. The van der Waals surface area contributed by atoms with Gasteiger partial charge in [0.05, 0.1) is 6.61 Å². The van der Waals surface area contributed by atoms with E-state index in [-0.39, 0.29) is 6.03 Å². The van der Waals surface area contributed by atoms with E-state index in [2.05, 4.69) is 27.8 Å². The van der Waals surface area contributed by atoms with E-state index in [0.29, 0.717) is 24.3 Å². The summed E-state index contributed by atoms with van der Waals surface area (Å²) in [5, 5.41) is 12.7. The number of ether oxygens (including phenoxy) is 1. The Bertz CT molecular complexity index is 668. The lowest BCUT2D eigenvalue weighted by atomic mass is 10.2. The molecule has 1 aromatic heterocycles. The van der Waals surface area contributed by atoms with Gasteiger partial charge in [0.2, 0.25) is 0 Å². The molecule has 1 saturated carbocycles. The summed E-state index contributed by atoms with van der Waals surface area (Å²) in [7, 11) is 1.63. The van der Waals surface area contributed by atoms with Crippen LogP contribution in [0.1, 0.15) is 30.5 Å². The van der Waals surface area contributed by atoms with Gasteiger partial charge in [0.1, 0.15) is 0 Å². The van der Waals surface area contributed by atoms with Crippen LogP contribution in [0.15, 0.2) is 30.3 Å². The Morgan fingerprint density at radius 2 is 2.18 bits per heavy atom. The predicted octanol–water partition coefficient (Wildman–Crippen LogP) is 3.32. The van der Waals surface area contributed by atoms with Gasteiger partial charge in [-0.3, -0.25) is 10.4 Å². The van der Waals surface area contributed by atoms with E-state index in [0.717, 1.165) is 16.9 Å². The third-order valence-corrected chi connectivity index (χ3v) is 3.91. The fraction of sp³-hybridized carbons (Fsp3) is 0.375. The minimum atomic E-state index is -0.314. The van der Waals surface area contributed by atoms with Crippen molar-refractivity contribution in [2.75, 3.05) is 17.7 Å². The third-order valence-electron chi connectivity index (χ3n) is 3.91. The number of anilines is 2. The summed E-state index contributed by atoms with van der Waals surface area (Å²) in [6.07, 6.45) is 1.18. The number of hydrogen-bond acceptors (Lipinski definition) is 3. The molecule has 0 saturated heterocycles. The van der Waals surface area contributed by atoms with Gasteiger partial charge in [-0.1, -0.05) is 25.1 Å². The second-order valence-electron chi connectivity index (χ2n) is 5.70. The average Bonchev–Trinajstić information content (AvgIpc) is 3.05. The molecular weight excluding hydrogens is 280 g/mol. The lowest BCUT2D eigenvalue weighted by Crippen LogP contribution is -2.20. The molecule has 0 aliphatic heterocycles. The summed E-state index contributed by atoms with van der Waals surface area (Å²) >= 11 is 0. The second-order valence-corrected chi connectivity index (χ2v) is 5.70. The normalized spacial score (nSPS) is 19.7. The number of H-pyrrole nitrogens is 1. The highest BCUT2D eigenvalue weighted by molar-refractivity contribution is 5.99. The van der Waals surface area contributed by atoms with E-state index in [1.54, 1.807) is 7.11 Å². The molecule has 1 heterocycles. The van der Waals surface area contributed by atoms with Crippen molar-refractivity contribution in [1.82, 2.24) is 10.2 Å². The molecule has 116 valence electrons. The minimum Gasteiger partial charge on any atom is -0.380 e. The number of nitrogens with one attached hydrogen (secondary N) is 3. The molecule has 1 aliphatic rings. The number of carbonyl (C=O) groups excluding carboxylic acids is 1. The van der Waals surface area contributed by atoms with Crippen LogP contribution in [0.2, 0.25) is 0 Å². The topological polar surface area (TPSA) is 79.0 Å². The van der Waals surface area contributed by atoms with Gasteiger partial charge in [-0.2, -0.15) is 5.10 Å². The van der Waals surface area contributed by atoms with Gasteiger partial charge in [-0.25, -0.2) is 4.79 Å². The Hall–Kier alpha value is -2.34. The predicted molar refractivity (Wildman–Crippen MR) is 84.9 cm³/mol. The molecule has 2 unspecified atom stereocenters. The maximum absolute atomic E-state index is 12.1. The number of methoxy groups -OCH3 is 1. The van der Waals surface area contributed by atoms with Crippen molar-refractivity contribution < 1.29 is 9.53 Å². The average molecular weight is 300 g/mol. The van der Waals surface area contributed by atoms with Crippen LogP contribution in [0.5, 0.6) is 0 Å². The zero-order valence-corrected chi connectivity index (χ0v) is 12.7. The van der Waals surface area contributed by atoms with E-state index in [1.165, 1.54) is 6.42 Å². The Morgan fingerprint density at radius 1 is 1.41 bits per heavy atom. The standard InChI is InChI=1S/C16H20N4O2/c1-10-7-12(10)14-8-15(20-19-14)18-16(21)17-13-6-4-3-5-11(13)9-22-2/h3-6,8,10,12H,7,9H2,1-2H3,(H3,17,18,19,20,21).